The minimum atomic E-state index is -0.567. The van der Waals surface area contributed by atoms with Gasteiger partial charge in [-0.1, -0.05) is 44.4 Å². The van der Waals surface area contributed by atoms with Gasteiger partial charge in [0.2, 0.25) is 0 Å². The molecule has 1 fully saturated rings. The molecule has 1 atom stereocenters. The van der Waals surface area contributed by atoms with Gasteiger partial charge in [0, 0.05) is 34.7 Å². The Labute approximate surface area is 188 Å². The van der Waals surface area contributed by atoms with E-state index in [1.165, 1.54) is 25.3 Å². The highest BCUT2D eigenvalue weighted by Crippen LogP contribution is 2.39. The van der Waals surface area contributed by atoms with Crippen molar-refractivity contribution in [1.29, 1.82) is 0 Å². The molecule has 1 aliphatic rings. The Hall–Kier alpha value is -2.99. The zero-order valence-corrected chi connectivity index (χ0v) is 18.4. The van der Waals surface area contributed by atoms with Crippen LogP contribution >= 0.6 is 0 Å². The molecular formula is C26H30FN3O2. The number of aromatic nitrogens is 1. The lowest BCUT2D eigenvalue weighted by Gasteiger charge is -2.24. The van der Waals surface area contributed by atoms with Crippen LogP contribution in [0.25, 0.3) is 22.0 Å². The lowest BCUT2D eigenvalue weighted by atomic mass is 9.83. The predicted molar refractivity (Wildman–Crippen MR) is 126 cm³/mol. The molecule has 1 saturated carbocycles. The van der Waals surface area contributed by atoms with Crippen LogP contribution in [0.15, 0.2) is 48.5 Å². The van der Waals surface area contributed by atoms with Gasteiger partial charge in [0.25, 0.3) is 0 Å². The van der Waals surface area contributed by atoms with Gasteiger partial charge < -0.3 is 15.7 Å². The highest BCUT2D eigenvalue weighted by molar-refractivity contribution is 5.94. The van der Waals surface area contributed by atoms with Crippen LogP contribution in [-0.4, -0.2) is 28.8 Å². The molecule has 2 aromatic carbocycles. The lowest BCUT2D eigenvalue weighted by molar-refractivity contribution is 0.168. The van der Waals surface area contributed by atoms with Crippen LogP contribution in [0, 0.1) is 5.82 Å². The summed E-state index contributed by atoms with van der Waals surface area (Å²) in [5.41, 5.74) is 3.81. The minimum absolute atomic E-state index is 0.194. The lowest BCUT2D eigenvalue weighted by Crippen LogP contribution is -2.34. The zero-order chi connectivity index (χ0) is 22.5. The van der Waals surface area contributed by atoms with Crippen molar-refractivity contribution in [2.45, 2.75) is 57.5 Å². The van der Waals surface area contributed by atoms with Gasteiger partial charge in [-0.05, 0) is 49.6 Å². The maximum Gasteiger partial charge on any atom is 0.319 e. The van der Waals surface area contributed by atoms with Crippen LogP contribution < -0.4 is 10.6 Å². The molecule has 3 aromatic rings. The van der Waals surface area contributed by atoms with E-state index < -0.39 is 6.10 Å². The van der Waals surface area contributed by atoms with E-state index in [0.29, 0.717) is 23.6 Å². The van der Waals surface area contributed by atoms with Crippen molar-refractivity contribution in [3.05, 3.63) is 60.0 Å². The van der Waals surface area contributed by atoms with Crippen molar-refractivity contribution in [3.63, 3.8) is 0 Å². The van der Waals surface area contributed by atoms with Gasteiger partial charge in [0.1, 0.15) is 5.82 Å². The molecule has 3 N–H and O–H groups in total. The Balaban J connectivity index is 1.68. The number of benzene rings is 2. The first-order chi connectivity index (χ1) is 15.5. The van der Waals surface area contributed by atoms with E-state index in [2.05, 4.69) is 10.6 Å². The molecule has 0 radical (unpaired) electrons. The van der Waals surface area contributed by atoms with Crippen molar-refractivity contribution in [2.75, 3.05) is 11.9 Å². The summed E-state index contributed by atoms with van der Waals surface area (Å²) in [4.78, 5) is 17.1. The van der Waals surface area contributed by atoms with E-state index in [4.69, 9.17) is 4.98 Å². The first kappa shape index (κ1) is 22.2. The summed E-state index contributed by atoms with van der Waals surface area (Å²) in [6.07, 6.45) is 5.74. The maximum atomic E-state index is 14.7. The standard InChI is InChI=1S/C26H30FN3O2/c1-2-20(31)16-28-26(32)29-19-12-13-24-18(14-19)15-22(21-10-6-7-11-23(21)27)25(30-24)17-8-4-3-5-9-17/h6-7,10-15,17,20,31H,2-5,8-9,16H2,1H3,(H2,28,29,32). The molecule has 2 amide bonds. The van der Waals surface area contributed by atoms with Gasteiger partial charge in [-0.3, -0.25) is 4.98 Å². The van der Waals surface area contributed by atoms with Gasteiger partial charge in [-0.2, -0.15) is 0 Å². The van der Waals surface area contributed by atoms with Crippen LogP contribution in [0.3, 0.4) is 0 Å². The summed E-state index contributed by atoms with van der Waals surface area (Å²) in [5.74, 6) is 0.0742. The molecule has 0 aliphatic heterocycles. The number of halogens is 1. The third kappa shape index (κ3) is 5.07. The number of nitrogens with zero attached hydrogens (tertiary/aromatic N) is 1. The molecule has 1 heterocycles. The van der Waals surface area contributed by atoms with E-state index in [1.54, 1.807) is 12.1 Å². The van der Waals surface area contributed by atoms with E-state index in [1.807, 2.05) is 37.3 Å². The average molecular weight is 436 g/mol. The van der Waals surface area contributed by atoms with Crippen LogP contribution in [0.2, 0.25) is 0 Å². The number of amides is 2. The first-order valence-electron chi connectivity index (χ1n) is 11.5. The molecule has 0 saturated heterocycles. The highest BCUT2D eigenvalue weighted by atomic mass is 19.1. The molecular weight excluding hydrogens is 405 g/mol. The number of fused-ring (bicyclic) bond motifs is 1. The largest absolute Gasteiger partial charge is 0.391 e. The number of carbonyl (C=O) groups is 1. The molecule has 1 aliphatic carbocycles. The zero-order valence-electron chi connectivity index (χ0n) is 18.4. The second kappa shape index (κ2) is 10.1. The number of anilines is 1. The number of hydrogen-bond acceptors (Lipinski definition) is 3. The van der Waals surface area contributed by atoms with Crippen LogP contribution in [0.5, 0.6) is 0 Å². The molecule has 1 aromatic heterocycles. The van der Waals surface area contributed by atoms with E-state index >= 15 is 0 Å². The second-order valence-electron chi connectivity index (χ2n) is 8.54. The summed E-state index contributed by atoms with van der Waals surface area (Å²) in [6.45, 7) is 2.05. The number of nitrogens with one attached hydrogen (secondary N) is 2. The van der Waals surface area contributed by atoms with Crippen LogP contribution in [0.4, 0.5) is 14.9 Å². The van der Waals surface area contributed by atoms with Crippen molar-refractivity contribution < 1.29 is 14.3 Å². The third-order valence-electron chi connectivity index (χ3n) is 6.23. The molecule has 0 spiro atoms. The van der Waals surface area contributed by atoms with E-state index in [-0.39, 0.29) is 18.4 Å². The highest BCUT2D eigenvalue weighted by Gasteiger charge is 2.22. The fourth-order valence-corrected chi connectivity index (χ4v) is 4.38. The fraction of sp³-hybridized carbons (Fsp3) is 0.385. The number of aliphatic hydroxyl groups excluding tert-OH is 1. The number of urea groups is 1. The summed E-state index contributed by atoms with van der Waals surface area (Å²) < 4.78 is 14.7. The van der Waals surface area contributed by atoms with Gasteiger partial charge in [-0.25, -0.2) is 9.18 Å². The monoisotopic (exact) mass is 435 g/mol. The fourth-order valence-electron chi connectivity index (χ4n) is 4.38. The average Bonchev–Trinajstić information content (AvgIpc) is 2.82. The van der Waals surface area contributed by atoms with Crippen molar-refractivity contribution in [1.82, 2.24) is 10.3 Å². The SMILES string of the molecule is CCC(O)CNC(=O)Nc1ccc2nc(C3CCCCC3)c(-c3ccccc3F)cc2c1. The number of aliphatic hydroxyl groups is 1. The van der Waals surface area contributed by atoms with E-state index in [0.717, 1.165) is 35.0 Å². The maximum absolute atomic E-state index is 14.7. The van der Waals surface area contributed by atoms with Crippen molar-refractivity contribution in [2.24, 2.45) is 0 Å². The van der Waals surface area contributed by atoms with Gasteiger partial charge >= 0.3 is 6.03 Å². The summed E-state index contributed by atoms with van der Waals surface area (Å²) in [7, 11) is 0. The smallest absolute Gasteiger partial charge is 0.319 e. The third-order valence-corrected chi connectivity index (χ3v) is 6.23. The molecule has 168 valence electrons. The molecule has 32 heavy (non-hydrogen) atoms. The predicted octanol–water partition coefficient (Wildman–Crippen LogP) is 5.98. The summed E-state index contributed by atoms with van der Waals surface area (Å²) in [6, 6.07) is 14.0. The number of rotatable bonds is 6. The summed E-state index contributed by atoms with van der Waals surface area (Å²) >= 11 is 0. The van der Waals surface area contributed by atoms with Crippen molar-refractivity contribution in [3.8, 4) is 11.1 Å². The molecule has 0 bridgehead atoms. The van der Waals surface area contributed by atoms with E-state index in [9.17, 15) is 14.3 Å². The molecule has 4 rings (SSSR count). The summed E-state index contributed by atoms with van der Waals surface area (Å²) in [5, 5.41) is 15.9. The molecule has 5 nitrogen and oxygen atoms in total. The second-order valence-corrected chi connectivity index (χ2v) is 8.54. The van der Waals surface area contributed by atoms with Crippen LogP contribution in [0.1, 0.15) is 57.1 Å². The first-order valence-corrected chi connectivity index (χ1v) is 11.5. The minimum Gasteiger partial charge on any atom is -0.391 e. The Morgan fingerprint density at radius 1 is 1.12 bits per heavy atom. The molecule has 1 unspecified atom stereocenters. The number of pyridine rings is 1. The Kier molecular flexibility index (Phi) is 7.00. The van der Waals surface area contributed by atoms with Gasteiger partial charge in [0.15, 0.2) is 0 Å². The normalized spacial score (nSPS) is 15.5. The Morgan fingerprint density at radius 3 is 2.66 bits per heavy atom. The topological polar surface area (TPSA) is 74.2 Å². The van der Waals surface area contributed by atoms with Crippen LogP contribution in [-0.2, 0) is 0 Å². The van der Waals surface area contributed by atoms with Gasteiger partial charge in [0.05, 0.1) is 17.3 Å². The molecule has 6 heteroatoms. The van der Waals surface area contributed by atoms with Gasteiger partial charge in [-0.15, -0.1) is 0 Å². The Morgan fingerprint density at radius 2 is 1.91 bits per heavy atom. The van der Waals surface area contributed by atoms with Crippen molar-refractivity contribution >= 4 is 22.6 Å². The number of carbonyl (C=O) groups excluding carboxylic acids is 1. The quantitative estimate of drug-likeness (QED) is 0.446. The number of hydrogen-bond donors (Lipinski definition) is 3. The Bertz CT molecular complexity index is 1100.